The molecule has 12 heavy (non-hydrogen) atoms. The van der Waals surface area contributed by atoms with Crippen molar-refractivity contribution >= 4 is 0 Å². The van der Waals surface area contributed by atoms with Crippen LogP contribution in [0.3, 0.4) is 0 Å². The van der Waals surface area contributed by atoms with Gasteiger partial charge < -0.3 is 10.5 Å². The van der Waals surface area contributed by atoms with Crippen LogP contribution in [0.1, 0.15) is 32.6 Å². The van der Waals surface area contributed by atoms with E-state index in [2.05, 4.69) is 6.92 Å². The van der Waals surface area contributed by atoms with Gasteiger partial charge in [0, 0.05) is 18.6 Å². The Bertz CT molecular complexity index is 156. The van der Waals surface area contributed by atoms with Gasteiger partial charge in [-0.25, -0.2) is 0 Å². The first-order valence-electron chi connectivity index (χ1n) is 5.14. The van der Waals surface area contributed by atoms with E-state index in [0.717, 1.165) is 12.5 Å². The van der Waals surface area contributed by atoms with E-state index in [1.807, 2.05) is 0 Å². The van der Waals surface area contributed by atoms with Crippen molar-refractivity contribution in [2.24, 2.45) is 17.6 Å². The maximum Gasteiger partial charge on any atom is 0.0590 e. The molecule has 1 aliphatic carbocycles. The van der Waals surface area contributed by atoms with E-state index in [-0.39, 0.29) is 0 Å². The number of nitrogens with two attached hydrogens (primary N) is 1. The molecule has 2 nitrogen and oxygen atoms in total. The van der Waals surface area contributed by atoms with Gasteiger partial charge in [0.1, 0.15) is 0 Å². The van der Waals surface area contributed by atoms with E-state index in [4.69, 9.17) is 10.5 Å². The standard InChI is InChI=1S/C10H19NO/c1-7-9(4-5-12-7)10(11)6-8-2-3-8/h7-10H,2-6,11H2,1H3. The Morgan fingerprint density at radius 2 is 2.17 bits per heavy atom. The molecule has 0 aromatic rings. The Morgan fingerprint density at radius 1 is 1.42 bits per heavy atom. The van der Waals surface area contributed by atoms with Gasteiger partial charge in [0.05, 0.1) is 6.10 Å². The fourth-order valence-corrected chi connectivity index (χ4v) is 2.22. The second-order valence-corrected chi connectivity index (χ2v) is 4.37. The number of ether oxygens (including phenoxy) is 1. The molecule has 0 spiro atoms. The first-order chi connectivity index (χ1) is 5.77. The van der Waals surface area contributed by atoms with Crippen molar-refractivity contribution in [2.75, 3.05) is 6.61 Å². The van der Waals surface area contributed by atoms with Crippen LogP contribution in [-0.2, 0) is 4.74 Å². The summed E-state index contributed by atoms with van der Waals surface area (Å²) in [5.74, 6) is 1.58. The molecular formula is C10H19NO. The maximum atomic E-state index is 6.13. The van der Waals surface area contributed by atoms with Gasteiger partial charge in [-0.3, -0.25) is 0 Å². The summed E-state index contributed by atoms with van der Waals surface area (Å²) in [6, 6.07) is 0.398. The minimum Gasteiger partial charge on any atom is -0.378 e. The summed E-state index contributed by atoms with van der Waals surface area (Å²) in [5.41, 5.74) is 6.13. The molecule has 0 aromatic carbocycles. The zero-order chi connectivity index (χ0) is 8.55. The lowest BCUT2D eigenvalue weighted by Gasteiger charge is -2.21. The molecule has 0 amide bonds. The number of rotatable bonds is 3. The molecule has 1 aliphatic heterocycles. The minimum absolute atomic E-state index is 0.398. The summed E-state index contributed by atoms with van der Waals surface area (Å²) in [6.45, 7) is 3.08. The highest BCUT2D eigenvalue weighted by Gasteiger charge is 2.33. The highest BCUT2D eigenvalue weighted by atomic mass is 16.5. The van der Waals surface area contributed by atoms with Crippen LogP contribution < -0.4 is 5.73 Å². The van der Waals surface area contributed by atoms with E-state index in [0.29, 0.717) is 18.1 Å². The van der Waals surface area contributed by atoms with Gasteiger partial charge in [0.2, 0.25) is 0 Å². The van der Waals surface area contributed by atoms with Crippen molar-refractivity contribution in [1.29, 1.82) is 0 Å². The van der Waals surface area contributed by atoms with Crippen LogP contribution in [0.15, 0.2) is 0 Å². The summed E-state index contributed by atoms with van der Waals surface area (Å²) in [4.78, 5) is 0. The quantitative estimate of drug-likeness (QED) is 0.695. The second kappa shape index (κ2) is 3.35. The number of hydrogen-bond donors (Lipinski definition) is 1. The van der Waals surface area contributed by atoms with Crippen LogP contribution in [0.5, 0.6) is 0 Å². The highest BCUT2D eigenvalue weighted by Crippen LogP contribution is 2.36. The fraction of sp³-hybridized carbons (Fsp3) is 1.00. The lowest BCUT2D eigenvalue weighted by Crippen LogP contribution is -2.34. The number of hydrogen-bond acceptors (Lipinski definition) is 2. The molecule has 2 N–H and O–H groups in total. The Hall–Kier alpha value is -0.0800. The topological polar surface area (TPSA) is 35.2 Å². The molecule has 2 rings (SSSR count). The smallest absolute Gasteiger partial charge is 0.0590 e. The lowest BCUT2D eigenvalue weighted by atomic mass is 9.90. The Balaban J connectivity index is 1.80. The summed E-state index contributed by atoms with van der Waals surface area (Å²) in [6.07, 6.45) is 5.64. The molecule has 3 atom stereocenters. The van der Waals surface area contributed by atoms with Crippen LogP contribution in [0, 0.1) is 11.8 Å². The molecule has 2 fully saturated rings. The van der Waals surface area contributed by atoms with E-state index in [1.165, 1.54) is 25.7 Å². The lowest BCUT2D eigenvalue weighted by molar-refractivity contribution is 0.0981. The summed E-state index contributed by atoms with van der Waals surface area (Å²) in [7, 11) is 0. The summed E-state index contributed by atoms with van der Waals surface area (Å²) < 4.78 is 5.51. The zero-order valence-electron chi connectivity index (χ0n) is 7.83. The molecular weight excluding hydrogens is 150 g/mol. The molecule has 0 aromatic heterocycles. The molecule has 1 saturated carbocycles. The van der Waals surface area contributed by atoms with Gasteiger partial charge in [-0.15, -0.1) is 0 Å². The normalized spacial score (nSPS) is 38.5. The third-order valence-electron chi connectivity index (χ3n) is 3.29. The van der Waals surface area contributed by atoms with Gasteiger partial charge in [0.25, 0.3) is 0 Å². The van der Waals surface area contributed by atoms with Crippen LogP contribution in [0.2, 0.25) is 0 Å². The van der Waals surface area contributed by atoms with E-state index >= 15 is 0 Å². The monoisotopic (exact) mass is 169 g/mol. The van der Waals surface area contributed by atoms with Crippen molar-refractivity contribution in [2.45, 2.75) is 44.8 Å². The third-order valence-corrected chi connectivity index (χ3v) is 3.29. The predicted octanol–water partition coefficient (Wildman–Crippen LogP) is 1.54. The second-order valence-electron chi connectivity index (χ2n) is 4.37. The predicted molar refractivity (Wildman–Crippen MR) is 48.8 cm³/mol. The SMILES string of the molecule is CC1OCCC1C(N)CC1CC1. The van der Waals surface area contributed by atoms with Crippen molar-refractivity contribution in [3.63, 3.8) is 0 Å². The third kappa shape index (κ3) is 1.80. The largest absolute Gasteiger partial charge is 0.378 e. The molecule has 1 saturated heterocycles. The molecule has 0 bridgehead atoms. The minimum atomic E-state index is 0.398. The molecule has 0 radical (unpaired) electrons. The van der Waals surface area contributed by atoms with Crippen LogP contribution in [-0.4, -0.2) is 18.8 Å². The van der Waals surface area contributed by atoms with Gasteiger partial charge in [-0.1, -0.05) is 12.8 Å². The van der Waals surface area contributed by atoms with Crippen LogP contribution in [0.4, 0.5) is 0 Å². The molecule has 2 aliphatic rings. The molecule has 3 unspecified atom stereocenters. The highest BCUT2D eigenvalue weighted by molar-refractivity contribution is 4.86. The average Bonchev–Trinajstić information content (AvgIpc) is 2.72. The summed E-state index contributed by atoms with van der Waals surface area (Å²) >= 11 is 0. The Kier molecular flexibility index (Phi) is 2.37. The van der Waals surface area contributed by atoms with Crippen LogP contribution in [0.25, 0.3) is 0 Å². The first kappa shape index (κ1) is 8.52. The summed E-state index contributed by atoms with van der Waals surface area (Å²) in [5, 5.41) is 0. The average molecular weight is 169 g/mol. The Labute approximate surface area is 74.5 Å². The first-order valence-corrected chi connectivity index (χ1v) is 5.14. The Morgan fingerprint density at radius 3 is 2.67 bits per heavy atom. The van der Waals surface area contributed by atoms with Gasteiger partial charge in [-0.2, -0.15) is 0 Å². The van der Waals surface area contributed by atoms with Gasteiger partial charge in [-0.05, 0) is 25.7 Å². The fourth-order valence-electron chi connectivity index (χ4n) is 2.22. The van der Waals surface area contributed by atoms with Crippen LogP contribution >= 0.6 is 0 Å². The van der Waals surface area contributed by atoms with E-state index in [9.17, 15) is 0 Å². The zero-order valence-corrected chi connectivity index (χ0v) is 7.83. The van der Waals surface area contributed by atoms with Gasteiger partial charge >= 0.3 is 0 Å². The molecule has 2 heteroatoms. The van der Waals surface area contributed by atoms with Crippen molar-refractivity contribution < 1.29 is 4.74 Å². The molecule has 1 heterocycles. The van der Waals surface area contributed by atoms with Gasteiger partial charge in [0.15, 0.2) is 0 Å². The van der Waals surface area contributed by atoms with E-state index < -0.39 is 0 Å². The van der Waals surface area contributed by atoms with E-state index in [1.54, 1.807) is 0 Å². The van der Waals surface area contributed by atoms with Crippen molar-refractivity contribution in [1.82, 2.24) is 0 Å². The van der Waals surface area contributed by atoms with Crippen molar-refractivity contribution in [3.05, 3.63) is 0 Å². The molecule has 70 valence electrons. The van der Waals surface area contributed by atoms with Crippen molar-refractivity contribution in [3.8, 4) is 0 Å². The maximum absolute atomic E-state index is 6.13.